The molecular weight excluding hydrogens is 300 g/mol. The SMILES string of the molecule is c1ccc(-c2nnn3c2COC2CN(c4ccccc4)CC23)cc1. The van der Waals surface area contributed by atoms with E-state index < -0.39 is 0 Å². The van der Waals surface area contributed by atoms with Crippen molar-refractivity contribution >= 4 is 5.69 Å². The van der Waals surface area contributed by atoms with Crippen molar-refractivity contribution in [1.82, 2.24) is 15.0 Å². The van der Waals surface area contributed by atoms with E-state index in [-0.39, 0.29) is 12.1 Å². The summed E-state index contributed by atoms with van der Waals surface area (Å²) in [4.78, 5) is 2.37. The Labute approximate surface area is 140 Å². The molecule has 0 aliphatic carbocycles. The van der Waals surface area contributed by atoms with Crippen LogP contribution < -0.4 is 4.90 Å². The van der Waals surface area contributed by atoms with Crippen molar-refractivity contribution < 1.29 is 4.74 Å². The van der Waals surface area contributed by atoms with Gasteiger partial charge in [0.05, 0.1) is 24.4 Å². The number of benzene rings is 2. The van der Waals surface area contributed by atoms with E-state index in [0.29, 0.717) is 6.61 Å². The molecule has 3 heterocycles. The van der Waals surface area contributed by atoms with Gasteiger partial charge in [-0.1, -0.05) is 53.7 Å². The summed E-state index contributed by atoms with van der Waals surface area (Å²) < 4.78 is 8.24. The number of aromatic nitrogens is 3. The molecule has 2 aliphatic heterocycles. The first-order valence-electron chi connectivity index (χ1n) is 8.31. The third-order valence-corrected chi connectivity index (χ3v) is 4.94. The molecule has 0 radical (unpaired) electrons. The highest BCUT2D eigenvalue weighted by Crippen LogP contribution is 2.35. The van der Waals surface area contributed by atoms with E-state index >= 15 is 0 Å². The highest BCUT2D eigenvalue weighted by molar-refractivity contribution is 5.61. The Morgan fingerprint density at radius 2 is 1.67 bits per heavy atom. The van der Waals surface area contributed by atoms with Gasteiger partial charge in [-0.15, -0.1) is 5.10 Å². The van der Waals surface area contributed by atoms with Crippen LogP contribution in [0.3, 0.4) is 0 Å². The predicted molar refractivity (Wildman–Crippen MR) is 91.7 cm³/mol. The van der Waals surface area contributed by atoms with E-state index in [0.717, 1.165) is 30.0 Å². The zero-order valence-corrected chi connectivity index (χ0v) is 13.2. The summed E-state index contributed by atoms with van der Waals surface area (Å²) in [6.07, 6.45) is 0.169. The number of para-hydroxylation sites is 1. The number of rotatable bonds is 2. The zero-order valence-electron chi connectivity index (χ0n) is 13.2. The Bertz CT molecular complexity index is 846. The molecule has 0 N–H and O–H groups in total. The van der Waals surface area contributed by atoms with Crippen LogP contribution in [0.4, 0.5) is 5.69 Å². The Balaban J connectivity index is 1.48. The Morgan fingerprint density at radius 3 is 2.46 bits per heavy atom. The molecule has 3 aromatic rings. The smallest absolute Gasteiger partial charge is 0.118 e. The van der Waals surface area contributed by atoms with Crippen molar-refractivity contribution in [1.29, 1.82) is 0 Å². The highest BCUT2D eigenvalue weighted by atomic mass is 16.5. The summed E-state index contributed by atoms with van der Waals surface area (Å²) in [5.74, 6) is 0. The first-order valence-corrected chi connectivity index (χ1v) is 8.31. The average molecular weight is 318 g/mol. The molecule has 0 bridgehead atoms. The molecule has 5 nitrogen and oxygen atoms in total. The fourth-order valence-electron chi connectivity index (χ4n) is 3.73. The van der Waals surface area contributed by atoms with Crippen molar-refractivity contribution in [3.05, 3.63) is 66.4 Å². The van der Waals surface area contributed by atoms with Crippen molar-refractivity contribution in [3.8, 4) is 11.3 Å². The van der Waals surface area contributed by atoms with Crippen LogP contribution in [0.5, 0.6) is 0 Å². The molecule has 2 aromatic carbocycles. The van der Waals surface area contributed by atoms with Crippen molar-refractivity contribution in [2.75, 3.05) is 18.0 Å². The number of fused-ring (bicyclic) bond motifs is 3. The largest absolute Gasteiger partial charge is 0.368 e. The molecule has 24 heavy (non-hydrogen) atoms. The standard InChI is InChI=1S/C19H18N4O/c1-3-7-14(8-4-1)19-17-13-24-18-12-22(15-9-5-2-6-10-15)11-16(18)23(17)21-20-19/h1-10,16,18H,11-13H2. The maximum absolute atomic E-state index is 6.16. The fraction of sp³-hybridized carbons (Fsp3) is 0.263. The molecule has 5 rings (SSSR count). The fourth-order valence-corrected chi connectivity index (χ4v) is 3.73. The predicted octanol–water partition coefficient (Wildman–Crippen LogP) is 2.91. The van der Waals surface area contributed by atoms with Crippen LogP contribution in [0.2, 0.25) is 0 Å². The molecule has 2 atom stereocenters. The monoisotopic (exact) mass is 318 g/mol. The molecule has 1 fully saturated rings. The van der Waals surface area contributed by atoms with Crippen LogP contribution in [-0.4, -0.2) is 34.2 Å². The van der Waals surface area contributed by atoms with Gasteiger partial charge in [0.1, 0.15) is 5.69 Å². The second kappa shape index (κ2) is 5.46. The van der Waals surface area contributed by atoms with Gasteiger partial charge >= 0.3 is 0 Å². The lowest BCUT2D eigenvalue weighted by atomic mass is 10.1. The van der Waals surface area contributed by atoms with Crippen LogP contribution in [0, 0.1) is 0 Å². The Kier molecular flexibility index (Phi) is 3.13. The number of hydrogen-bond donors (Lipinski definition) is 0. The second-order valence-corrected chi connectivity index (χ2v) is 6.35. The first kappa shape index (κ1) is 13.7. The van der Waals surface area contributed by atoms with Gasteiger partial charge in [-0.25, -0.2) is 4.68 Å². The molecular formula is C19H18N4O. The van der Waals surface area contributed by atoms with E-state index in [1.54, 1.807) is 0 Å². The second-order valence-electron chi connectivity index (χ2n) is 6.35. The van der Waals surface area contributed by atoms with Gasteiger partial charge in [-0.2, -0.15) is 0 Å². The first-order chi connectivity index (χ1) is 11.9. The van der Waals surface area contributed by atoms with Gasteiger partial charge in [0.2, 0.25) is 0 Å². The summed E-state index contributed by atoms with van der Waals surface area (Å²) >= 11 is 0. The lowest BCUT2D eigenvalue weighted by Crippen LogP contribution is -2.32. The van der Waals surface area contributed by atoms with Gasteiger partial charge in [-0.3, -0.25) is 0 Å². The number of nitrogens with zero attached hydrogens (tertiary/aromatic N) is 4. The van der Waals surface area contributed by atoms with Gasteiger partial charge < -0.3 is 9.64 Å². The van der Waals surface area contributed by atoms with Gasteiger partial charge in [0.25, 0.3) is 0 Å². The van der Waals surface area contributed by atoms with E-state index in [9.17, 15) is 0 Å². The van der Waals surface area contributed by atoms with Crippen molar-refractivity contribution in [2.45, 2.75) is 18.8 Å². The van der Waals surface area contributed by atoms with Crippen molar-refractivity contribution in [3.63, 3.8) is 0 Å². The van der Waals surface area contributed by atoms with Crippen molar-refractivity contribution in [2.24, 2.45) is 0 Å². The molecule has 5 heteroatoms. The van der Waals surface area contributed by atoms with E-state index in [2.05, 4.69) is 56.3 Å². The van der Waals surface area contributed by atoms with Crippen LogP contribution in [0.15, 0.2) is 60.7 Å². The van der Waals surface area contributed by atoms with Gasteiger partial charge in [0, 0.05) is 24.3 Å². The summed E-state index contributed by atoms with van der Waals surface area (Å²) in [5.41, 5.74) is 4.35. The normalized spacial score (nSPS) is 22.2. The summed E-state index contributed by atoms with van der Waals surface area (Å²) in [6, 6.07) is 20.9. The maximum Gasteiger partial charge on any atom is 0.118 e. The van der Waals surface area contributed by atoms with E-state index in [1.807, 2.05) is 24.3 Å². The Hall–Kier alpha value is -2.66. The minimum Gasteiger partial charge on any atom is -0.368 e. The summed E-state index contributed by atoms with van der Waals surface area (Å²) in [7, 11) is 0. The topological polar surface area (TPSA) is 43.2 Å². The minimum atomic E-state index is 0.169. The molecule has 0 saturated carbocycles. The van der Waals surface area contributed by atoms with E-state index in [1.165, 1.54) is 5.69 Å². The zero-order chi connectivity index (χ0) is 15.9. The van der Waals surface area contributed by atoms with Crippen LogP contribution in [0.1, 0.15) is 11.7 Å². The third-order valence-electron chi connectivity index (χ3n) is 4.94. The average Bonchev–Trinajstić information content (AvgIpc) is 3.27. The molecule has 0 spiro atoms. The van der Waals surface area contributed by atoms with Gasteiger partial charge in [-0.05, 0) is 12.1 Å². The minimum absolute atomic E-state index is 0.169. The number of anilines is 1. The highest BCUT2D eigenvalue weighted by Gasteiger charge is 2.40. The molecule has 2 aliphatic rings. The molecule has 0 amide bonds. The molecule has 1 aromatic heterocycles. The van der Waals surface area contributed by atoms with Crippen LogP contribution in [0.25, 0.3) is 11.3 Å². The maximum atomic E-state index is 6.16. The molecule has 2 unspecified atom stereocenters. The van der Waals surface area contributed by atoms with E-state index in [4.69, 9.17) is 4.74 Å². The number of ether oxygens (including phenoxy) is 1. The quantitative estimate of drug-likeness (QED) is 0.729. The number of hydrogen-bond acceptors (Lipinski definition) is 4. The molecule has 1 saturated heterocycles. The summed E-state index contributed by atoms with van der Waals surface area (Å²) in [5, 5.41) is 8.90. The Morgan fingerprint density at radius 1 is 0.917 bits per heavy atom. The lowest BCUT2D eigenvalue weighted by Gasteiger charge is -2.26. The molecule has 120 valence electrons. The van der Waals surface area contributed by atoms with Gasteiger partial charge in [0.15, 0.2) is 0 Å². The summed E-state index contributed by atoms with van der Waals surface area (Å²) in [6.45, 7) is 2.37. The lowest BCUT2D eigenvalue weighted by molar-refractivity contribution is -0.00225. The third kappa shape index (κ3) is 2.12. The van der Waals surface area contributed by atoms with Crippen LogP contribution in [-0.2, 0) is 11.3 Å². The van der Waals surface area contributed by atoms with Crippen LogP contribution >= 0.6 is 0 Å².